The molecule has 17 heavy (non-hydrogen) atoms. The fraction of sp³-hybridized carbons (Fsp3) is 0.417. The van der Waals surface area contributed by atoms with E-state index in [2.05, 4.69) is 5.16 Å². The van der Waals surface area contributed by atoms with Gasteiger partial charge in [0.25, 0.3) is 0 Å². The van der Waals surface area contributed by atoms with Crippen LogP contribution in [-0.4, -0.2) is 28.5 Å². The van der Waals surface area contributed by atoms with Gasteiger partial charge in [0.15, 0.2) is 5.84 Å². The van der Waals surface area contributed by atoms with Crippen molar-refractivity contribution in [2.45, 2.75) is 26.4 Å². The molecular formula is C12H18FN3O. The second-order valence-corrected chi connectivity index (χ2v) is 4.18. The summed E-state index contributed by atoms with van der Waals surface area (Å²) in [6.07, 6.45) is 0. The van der Waals surface area contributed by atoms with E-state index in [4.69, 9.17) is 10.9 Å². The van der Waals surface area contributed by atoms with Gasteiger partial charge in [-0.3, -0.25) is 4.90 Å². The van der Waals surface area contributed by atoms with Gasteiger partial charge in [0, 0.05) is 18.2 Å². The van der Waals surface area contributed by atoms with Crippen molar-refractivity contribution in [1.29, 1.82) is 0 Å². The summed E-state index contributed by atoms with van der Waals surface area (Å²) in [5, 5.41) is 11.5. The summed E-state index contributed by atoms with van der Waals surface area (Å²) in [7, 11) is 0. The molecule has 0 aliphatic carbocycles. The molecule has 3 N–H and O–H groups in total. The molecule has 1 rings (SSSR count). The second-order valence-electron chi connectivity index (χ2n) is 4.18. The van der Waals surface area contributed by atoms with E-state index in [1.54, 1.807) is 18.2 Å². The van der Waals surface area contributed by atoms with Crippen molar-refractivity contribution in [2.24, 2.45) is 10.9 Å². The largest absolute Gasteiger partial charge is 0.409 e. The Morgan fingerprint density at radius 1 is 1.47 bits per heavy atom. The van der Waals surface area contributed by atoms with Gasteiger partial charge in [-0.05, 0) is 19.9 Å². The van der Waals surface area contributed by atoms with Crippen LogP contribution in [0.1, 0.15) is 19.4 Å². The summed E-state index contributed by atoms with van der Waals surface area (Å²) in [6, 6.07) is 6.78. The summed E-state index contributed by atoms with van der Waals surface area (Å²) in [5.74, 6) is -0.118. The number of nitrogens with two attached hydrogens (primary N) is 1. The molecule has 0 fully saturated rings. The standard InChI is InChI=1S/C12H18FN3O/c1-9(2)16(8-12(14)15-17)7-10-5-3-4-6-11(10)13/h3-6,9,17H,7-8H2,1-2H3,(H2,14,15). The molecule has 1 aromatic carbocycles. The first-order valence-corrected chi connectivity index (χ1v) is 5.48. The zero-order chi connectivity index (χ0) is 12.8. The third kappa shape index (κ3) is 4.03. The van der Waals surface area contributed by atoms with Crippen LogP contribution in [0.15, 0.2) is 29.4 Å². The lowest BCUT2D eigenvalue weighted by atomic mass is 10.1. The first-order valence-electron chi connectivity index (χ1n) is 5.48. The lowest BCUT2D eigenvalue weighted by molar-refractivity contribution is 0.235. The number of benzene rings is 1. The summed E-state index contributed by atoms with van der Waals surface area (Å²) >= 11 is 0. The lowest BCUT2D eigenvalue weighted by Crippen LogP contribution is -2.38. The van der Waals surface area contributed by atoms with E-state index in [0.29, 0.717) is 18.7 Å². The van der Waals surface area contributed by atoms with Crippen LogP contribution in [-0.2, 0) is 6.54 Å². The number of rotatable bonds is 5. The van der Waals surface area contributed by atoms with Gasteiger partial charge in [0.1, 0.15) is 5.82 Å². The zero-order valence-corrected chi connectivity index (χ0v) is 10.1. The van der Waals surface area contributed by atoms with Crippen LogP contribution >= 0.6 is 0 Å². The van der Waals surface area contributed by atoms with Crippen LogP contribution in [0.25, 0.3) is 0 Å². The van der Waals surface area contributed by atoms with Crippen LogP contribution in [0, 0.1) is 5.82 Å². The Bertz CT molecular complexity index is 393. The Balaban J connectivity index is 2.77. The molecule has 0 amide bonds. The maximum atomic E-state index is 13.5. The molecule has 0 saturated carbocycles. The maximum absolute atomic E-state index is 13.5. The summed E-state index contributed by atoms with van der Waals surface area (Å²) in [5.41, 5.74) is 6.07. The fourth-order valence-corrected chi connectivity index (χ4v) is 1.51. The van der Waals surface area contributed by atoms with E-state index in [9.17, 15) is 4.39 Å². The number of nitrogens with zero attached hydrogens (tertiary/aromatic N) is 2. The van der Waals surface area contributed by atoms with Gasteiger partial charge in [-0.2, -0.15) is 0 Å². The quantitative estimate of drug-likeness (QED) is 0.356. The van der Waals surface area contributed by atoms with Gasteiger partial charge in [0.2, 0.25) is 0 Å². The summed E-state index contributed by atoms with van der Waals surface area (Å²) < 4.78 is 13.5. The summed E-state index contributed by atoms with van der Waals surface area (Å²) in [6.45, 7) is 4.69. The molecule has 0 spiro atoms. The molecule has 0 atom stereocenters. The highest BCUT2D eigenvalue weighted by atomic mass is 19.1. The van der Waals surface area contributed by atoms with Gasteiger partial charge in [-0.25, -0.2) is 4.39 Å². The van der Waals surface area contributed by atoms with Crippen molar-refractivity contribution in [2.75, 3.05) is 6.54 Å². The third-order valence-corrected chi connectivity index (χ3v) is 2.56. The maximum Gasteiger partial charge on any atom is 0.153 e. The van der Waals surface area contributed by atoms with Crippen LogP contribution in [0.4, 0.5) is 4.39 Å². The Hall–Kier alpha value is -1.62. The van der Waals surface area contributed by atoms with Crippen molar-refractivity contribution in [1.82, 2.24) is 4.90 Å². The van der Waals surface area contributed by atoms with E-state index < -0.39 is 0 Å². The van der Waals surface area contributed by atoms with Crippen LogP contribution in [0.5, 0.6) is 0 Å². The topological polar surface area (TPSA) is 61.8 Å². The highest BCUT2D eigenvalue weighted by Gasteiger charge is 2.13. The Labute approximate surface area is 101 Å². The van der Waals surface area contributed by atoms with Crippen molar-refractivity contribution >= 4 is 5.84 Å². The molecule has 0 unspecified atom stereocenters. The van der Waals surface area contributed by atoms with Crippen LogP contribution in [0.2, 0.25) is 0 Å². The molecule has 0 aliphatic rings. The van der Waals surface area contributed by atoms with Gasteiger partial charge >= 0.3 is 0 Å². The Kier molecular flexibility index (Phi) is 4.90. The molecule has 4 nitrogen and oxygen atoms in total. The van der Waals surface area contributed by atoms with Crippen molar-refractivity contribution in [3.63, 3.8) is 0 Å². The average Bonchev–Trinajstić information content (AvgIpc) is 2.30. The van der Waals surface area contributed by atoms with Crippen LogP contribution < -0.4 is 5.73 Å². The molecule has 5 heteroatoms. The zero-order valence-electron chi connectivity index (χ0n) is 10.1. The van der Waals surface area contributed by atoms with Crippen molar-refractivity contribution < 1.29 is 9.60 Å². The third-order valence-electron chi connectivity index (χ3n) is 2.56. The molecule has 0 aliphatic heterocycles. The molecule has 0 bridgehead atoms. The highest BCUT2D eigenvalue weighted by molar-refractivity contribution is 5.81. The number of hydrogen-bond donors (Lipinski definition) is 2. The van der Waals surface area contributed by atoms with Crippen molar-refractivity contribution in [3.05, 3.63) is 35.6 Å². The second kappa shape index (κ2) is 6.20. The number of amidine groups is 1. The number of halogens is 1. The SMILES string of the molecule is CC(C)N(CC(N)=NO)Cc1ccccc1F. The van der Waals surface area contributed by atoms with Gasteiger partial charge in [-0.15, -0.1) is 0 Å². The first-order chi connectivity index (χ1) is 8.04. The normalized spacial score (nSPS) is 12.4. The predicted octanol–water partition coefficient (Wildman–Crippen LogP) is 1.78. The molecule has 0 aromatic heterocycles. The first kappa shape index (κ1) is 13.4. The molecule has 1 aromatic rings. The Morgan fingerprint density at radius 3 is 2.65 bits per heavy atom. The van der Waals surface area contributed by atoms with E-state index in [-0.39, 0.29) is 17.7 Å². The average molecular weight is 239 g/mol. The van der Waals surface area contributed by atoms with E-state index in [1.807, 2.05) is 18.7 Å². The van der Waals surface area contributed by atoms with Gasteiger partial charge in [0.05, 0.1) is 6.54 Å². The van der Waals surface area contributed by atoms with Gasteiger partial charge in [-0.1, -0.05) is 23.4 Å². The minimum absolute atomic E-state index is 0.120. The lowest BCUT2D eigenvalue weighted by Gasteiger charge is -2.25. The molecule has 94 valence electrons. The van der Waals surface area contributed by atoms with Gasteiger partial charge < -0.3 is 10.9 Å². The monoisotopic (exact) mass is 239 g/mol. The molecule has 0 saturated heterocycles. The number of hydrogen-bond acceptors (Lipinski definition) is 3. The minimum atomic E-state index is -0.238. The predicted molar refractivity (Wildman–Crippen MR) is 65.4 cm³/mol. The smallest absolute Gasteiger partial charge is 0.153 e. The highest BCUT2D eigenvalue weighted by Crippen LogP contribution is 2.11. The minimum Gasteiger partial charge on any atom is -0.409 e. The van der Waals surface area contributed by atoms with Crippen LogP contribution in [0.3, 0.4) is 0 Å². The van der Waals surface area contributed by atoms with E-state index in [0.717, 1.165) is 0 Å². The molecule has 0 radical (unpaired) electrons. The van der Waals surface area contributed by atoms with Crippen molar-refractivity contribution in [3.8, 4) is 0 Å². The number of oxime groups is 1. The van der Waals surface area contributed by atoms with E-state index >= 15 is 0 Å². The fourth-order valence-electron chi connectivity index (χ4n) is 1.51. The summed E-state index contributed by atoms with van der Waals surface area (Å²) in [4.78, 5) is 1.92. The Morgan fingerprint density at radius 2 is 2.12 bits per heavy atom. The molecule has 0 heterocycles. The molecular weight excluding hydrogens is 221 g/mol. The van der Waals surface area contributed by atoms with E-state index in [1.165, 1.54) is 6.07 Å².